The highest BCUT2D eigenvalue weighted by molar-refractivity contribution is 5.96. The second kappa shape index (κ2) is 5.29. The molecule has 1 amide bonds. The minimum absolute atomic E-state index is 0.0854. The topological polar surface area (TPSA) is 32.8 Å². The molecule has 0 radical (unpaired) electrons. The maximum absolute atomic E-state index is 11.8. The lowest BCUT2D eigenvalue weighted by Crippen LogP contribution is -2.38. The fourth-order valence-corrected chi connectivity index (χ4v) is 2.92. The Labute approximate surface area is 119 Å². The van der Waals surface area contributed by atoms with Gasteiger partial charge in [-0.2, -0.15) is 0 Å². The second-order valence-corrected chi connectivity index (χ2v) is 5.33. The van der Waals surface area contributed by atoms with E-state index < -0.39 is 0 Å². The molecule has 0 N–H and O–H groups in total. The number of ether oxygens (including phenoxy) is 1. The van der Waals surface area contributed by atoms with E-state index in [1.54, 1.807) is 6.92 Å². The fourth-order valence-electron chi connectivity index (χ4n) is 2.92. The highest BCUT2D eigenvalue weighted by Gasteiger charge is 2.23. The van der Waals surface area contributed by atoms with Gasteiger partial charge < -0.3 is 14.5 Å². The Morgan fingerprint density at radius 2 is 2.05 bits per heavy atom. The first-order chi connectivity index (χ1) is 9.66. The van der Waals surface area contributed by atoms with E-state index in [1.165, 1.54) is 5.69 Å². The largest absolute Gasteiger partial charge is 0.378 e. The Kier molecular flexibility index (Phi) is 3.49. The Hall–Kier alpha value is -1.81. The fraction of sp³-hybridized carbons (Fsp3) is 0.438. The summed E-state index contributed by atoms with van der Waals surface area (Å²) in [6.45, 7) is 7.07. The number of fused-ring (bicyclic) bond motifs is 1. The molecule has 0 saturated carbocycles. The number of hydrogen-bond donors (Lipinski definition) is 0. The van der Waals surface area contributed by atoms with Gasteiger partial charge in [-0.3, -0.25) is 4.79 Å². The van der Waals surface area contributed by atoms with Gasteiger partial charge in [0.2, 0.25) is 5.91 Å². The molecule has 0 aromatic heterocycles. The Bertz CT molecular complexity index is 547. The van der Waals surface area contributed by atoms with Crippen LogP contribution >= 0.6 is 0 Å². The van der Waals surface area contributed by atoms with Crippen molar-refractivity contribution in [3.8, 4) is 0 Å². The first-order valence-electron chi connectivity index (χ1n) is 7.11. The number of amides is 1. The molecule has 1 aromatic rings. The minimum Gasteiger partial charge on any atom is -0.378 e. The van der Waals surface area contributed by atoms with Crippen LogP contribution in [0, 0.1) is 0 Å². The smallest absolute Gasteiger partial charge is 0.224 e. The summed E-state index contributed by atoms with van der Waals surface area (Å²) in [5.74, 6) is 0.0854. The van der Waals surface area contributed by atoms with Gasteiger partial charge in [0, 0.05) is 31.3 Å². The van der Waals surface area contributed by atoms with Gasteiger partial charge in [0.25, 0.3) is 0 Å². The first kappa shape index (κ1) is 13.2. The van der Waals surface area contributed by atoms with Crippen molar-refractivity contribution in [3.63, 3.8) is 0 Å². The molecule has 0 spiro atoms. The van der Waals surface area contributed by atoms with Crippen LogP contribution in [0.2, 0.25) is 0 Å². The SMILES string of the molecule is CC(=O)N1c2ccc(N3CCOCC3)cc2C=C[C@@H]1C. The zero-order valence-electron chi connectivity index (χ0n) is 12.0. The quantitative estimate of drug-likeness (QED) is 0.786. The van der Waals surface area contributed by atoms with Crippen molar-refractivity contribution in [2.45, 2.75) is 19.9 Å². The maximum atomic E-state index is 11.8. The summed E-state index contributed by atoms with van der Waals surface area (Å²) >= 11 is 0. The third kappa shape index (κ3) is 2.31. The lowest BCUT2D eigenvalue weighted by atomic mass is 10.0. The average molecular weight is 272 g/mol. The minimum atomic E-state index is 0.0854. The van der Waals surface area contributed by atoms with E-state index in [2.05, 4.69) is 35.3 Å². The lowest BCUT2D eigenvalue weighted by molar-refractivity contribution is -0.116. The van der Waals surface area contributed by atoms with Crippen LogP contribution in [0.3, 0.4) is 0 Å². The van der Waals surface area contributed by atoms with Crippen molar-refractivity contribution >= 4 is 23.4 Å². The van der Waals surface area contributed by atoms with Crippen LogP contribution in [0.15, 0.2) is 24.3 Å². The van der Waals surface area contributed by atoms with Gasteiger partial charge in [0.05, 0.1) is 24.9 Å². The van der Waals surface area contributed by atoms with Crippen molar-refractivity contribution in [1.29, 1.82) is 0 Å². The van der Waals surface area contributed by atoms with Gasteiger partial charge >= 0.3 is 0 Å². The van der Waals surface area contributed by atoms with E-state index in [-0.39, 0.29) is 11.9 Å². The van der Waals surface area contributed by atoms with Crippen molar-refractivity contribution in [3.05, 3.63) is 29.8 Å². The summed E-state index contributed by atoms with van der Waals surface area (Å²) in [5, 5.41) is 0. The van der Waals surface area contributed by atoms with Crippen molar-refractivity contribution < 1.29 is 9.53 Å². The molecular formula is C16H20N2O2. The molecule has 3 rings (SSSR count). The molecule has 4 nitrogen and oxygen atoms in total. The molecular weight excluding hydrogens is 252 g/mol. The normalized spacial score (nSPS) is 21.8. The van der Waals surface area contributed by atoms with E-state index in [1.807, 2.05) is 11.8 Å². The van der Waals surface area contributed by atoms with E-state index in [0.29, 0.717) is 0 Å². The van der Waals surface area contributed by atoms with Crippen LogP contribution in [0.1, 0.15) is 19.4 Å². The summed E-state index contributed by atoms with van der Waals surface area (Å²) in [5.41, 5.74) is 3.32. The Morgan fingerprint density at radius 1 is 1.30 bits per heavy atom. The second-order valence-electron chi connectivity index (χ2n) is 5.33. The summed E-state index contributed by atoms with van der Waals surface area (Å²) in [4.78, 5) is 16.0. The Morgan fingerprint density at radius 3 is 2.75 bits per heavy atom. The van der Waals surface area contributed by atoms with Crippen LogP contribution in [0.5, 0.6) is 0 Å². The molecule has 0 aliphatic carbocycles. The number of carbonyl (C=O) groups is 1. The van der Waals surface area contributed by atoms with E-state index in [0.717, 1.165) is 37.6 Å². The van der Waals surface area contributed by atoms with Gasteiger partial charge in [-0.1, -0.05) is 12.2 Å². The number of nitrogens with zero attached hydrogens (tertiary/aromatic N) is 2. The summed E-state index contributed by atoms with van der Waals surface area (Å²) in [6.07, 6.45) is 4.19. The number of anilines is 2. The predicted molar refractivity (Wildman–Crippen MR) is 81.1 cm³/mol. The molecule has 4 heteroatoms. The Balaban J connectivity index is 1.94. The molecule has 20 heavy (non-hydrogen) atoms. The van der Waals surface area contributed by atoms with Crippen LogP contribution < -0.4 is 9.80 Å². The van der Waals surface area contributed by atoms with Crippen LogP contribution in [0.25, 0.3) is 6.08 Å². The third-order valence-electron chi connectivity index (χ3n) is 3.95. The number of carbonyl (C=O) groups excluding carboxylic acids is 1. The lowest BCUT2D eigenvalue weighted by Gasteiger charge is -2.33. The zero-order valence-corrected chi connectivity index (χ0v) is 12.0. The standard InChI is InChI=1S/C16H20N2O2/c1-12-3-4-14-11-15(17-7-9-20-10-8-17)5-6-16(14)18(12)13(2)19/h3-6,11-12H,7-10H2,1-2H3/t12-/m0/s1. The van der Waals surface area contributed by atoms with Gasteiger partial charge in [0.15, 0.2) is 0 Å². The van der Waals surface area contributed by atoms with Crippen molar-refractivity contribution in [1.82, 2.24) is 0 Å². The van der Waals surface area contributed by atoms with E-state index in [4.69, 9.17) is 4.74 Å². The monoisotopic (exact) mass is 272 g/mol. The summed E-state index contributed by atoms with van der Waals surface area (Å²) in [6, 6.07) is 6.45. The molecule has 1 aromatic carbocycles. The summed E-state index contributed by atoms with van der Waals surface area (Å²) in [7, 11) is 0. The number of morpholine rings is 1. The van der Waals surface area contributed by atoms with Gasteiger partial charge in [-0.25, -0.2) is 0 Å². The summed E-state index contributed by atoms with van der Waals surface area (Å²) < 4.78 is 5.39. The molecule has 2 aliphatic rings. The zero-order chi connectivity index (χ0) is 14.1. The first-order valence-corrected chi connectivity index (χ1v) is 7.11. The van der Waals surface area contributed by atoms with Crippen LogP contribution in [0.4, 0.5) is 11.4 Å². The van der Waals surface area contributed by atoms with Crippen molar-refractivity contribution in [2.75, 3.05) is 36.1 Å². The number of hydrogen-bond acceptors (Lipinski definition) is 3. The average Bonchev–Trinajstić information content (AvgIpc) is 2.47. The molecule has 2 heterocycles. The number of benzene rings is 1. The molecule has 1 atom stereocenters. The highest BCUT2D eigenvalue weighted by Crippen LogP contribution is 2.32. The van der Waals surface area contributed by atoms with Crippen molar-refractivity contribution in [2.24, 2.45) is 0 Å². The van der Waals surface area contributed by atoms with E-state index in [9.17, 15) is 4.79 Å². The number of rotatable bonds is 1. The van der Waals surface area contributed by atoms with Crippen LogP contribution in [-0.2, 0) is 9.53 Å². The van der Waals surface area contributed by atoms with E-state index >= 15 is 0 Å². The predicted octanol–water partition coefficient (Wildman–Crippen LogP) is 2.29. The maximum Gasteiger partial charge on any atom is 0.224 e. The molecule has 2 aliphatic heterocycles. The van der Waals surface area contributed by atoms with Gasteiger partial charge in [-0.15, -0.1) is 0 Å². The molecule has 106 valence electrons. The molecule has 0 unspecified atom stereocenters. The van der Waals surface area contributed by atoms with Gasteiger partial charge in [-0.05, 0) is 25.1 Å². The van der Waals surface area contributed by atoms with Crippen LogP contribution in [-0.4, -0.2) is 38.3 Å². The molecule has 0 bridgehead atoms. The molecule has 1 fully saturated rings. The molecule has 1 saturated heterocycles. The van der Waals surface area contributed by atoms with Gasteiger partial charge in [0.1, 0.15) is 0 Å². The third-order valence-corrected chi connectivity index (χ3v) is 3.95. The highest BCUT2D eigenvalue weighted by atomic mass is 16.5.